The van der Waals surface area contributed by atoms with Crippen molar-refractivity contribution in [2.75, 3.05) is 32.8 Å². The van der Waals surface area contributed by atoms with Gasteiger partial charge in [0, 0.05) is 32.1 Å². The highest BCUT2D eigenvalue weighted by Gasteiger charge is 2.35. The highest BCUT2D eigenvalue weighted by molar-refractivity contribution is 8.18. The number of piperidine rings is 1. The number of amides is 4. The van der Waals surface area contributed by atoms with Crippen molar-refractivity contribution in [3.05, 3.63) is 34.7 Å². The van der Waals surface area contributed by atoms with Crippen molar-refractivity contribution >= 4 is 41.0 Å². The molecule has 1 aromatic rings. The first-order chi connectivity index (χ1) is 16.3. The van der Waals surface area contributed by atoms with Gasteiger partial charge in [-0.05, 0) is 55.3 Å². The SMILES string of the molecule is CCOC(=O)N1CCC(C(=O)NCCN2C(=O)S/C(=C/c3ccc(OC(F)F)cc3)C2=O)CC1. The van der Waals surface area contributed by atoms with Gasteiger partial charge in [-0.25, -0.2) is 4.79 Å². The number of likely N-dealkylation sites (tertiary alicyclic amines) is 1. The van der Waals surface area contributed by atoms with Crippen LogP contribution in [0.15, 0.2) is 29.2 Å². The van der Waals surface area contributed by atoms with E-state index in [2.05, 4.69) is 10.1 Å². The third-order valence-electron chi connectivity index (χ3n) is 5.30. The van der Waals surface area contributed by atoms with Gasteiger partial charge in [0.15, 0.2) is 0 Å². The van der Waals surface area contributed by atoms with E-state index in [9.17, 15) is 28.0 Å². The molecular weight excluding hydrogens is 472 g/mol. The fourth-order valence-corrected chi connectivity index (χ4v) is 4.43. The Morgan fingerprint density at radius 2 is 1.88 bits per heavy atom. The summed E-state index contributed by atoms with van der Waals surface area (Å²) in [5.74, 6) is -0.933. The minimum absolute atomic E-state index is 0.0115. The van der Waals surface area contributed by atoms with Crippen LogP contribution in [-0.4, -0.2) is 72.3 Å². The van der Waals surface area contributed by atoms with Crippen molar-refractivity contribution in [1.29, 1.82) is 0 Å². The number of hydrogen-bond donors (Lipinski definition) is 1. The van der Waals surface area contributed by atoms with Crippen molar-refractivity contribution in [3.8, 4) is 5.75 Å². The first kappa shape index (κ1) is 25.5. The number of nitrogens with zero attached hydrogens (tertiary/aromatic N) is 2. The Morgan fingerprint density at radius 3 is 2.50 bits per heavy atom. The third-order valence-corrected chi connectivity index (χ3v) is 6.21. The van der Waals surface area contributed by atoms with E-state index < -0.39 is 17.8 Å². The molecule has 0 aromatic heterocycles. The molecule has 1 N–H and O–H groups in total. The molecule has 4 amide bonds. The second kappa shape index (κ2) is 11.8. The lowest BCUT2D eigenvalue weighted by Crippen LogP contribution is -2.44. The number of imide groups is 1. The molecule has 0 radical (unpaired) electrons. The van der Waals surface area contributed by atoms with E-state index in [1.165, 1.54) is 30.3 Å². The molecule has 0 saturated carbocycles. The number of ether oxygens (including phenoxy) is 2. The lowest BCUT2D eigenvalue weighted by atomic mass is 9.96. The number of carbonyl (C=O) groups is 4. The molecule has 184 valence electrons. The first-order valence-corrected chi connectivity index (χ1v) is 11.6. The highest BCUT2D eigenvalue weighted by Crippen LogP contribution is 2.32. The Balaban J connectivity index is 1.46. The molecule has 2 aliphatic heterocycles. The summed E-state index contributed by atoms with van der Waals surface area (Å²) in [6.07, 6.45) is 2.13. The number of carbonyl (C=O) groups excluding carboxylic acids is 4. The van der Waals surface area contributed by atoms with Gasteiger partial charge < -0.3 is 19.7 Å². The molecule has 1 aromatic carbocycles. The maximum absolute atomic E-state index is 12.6. The number of nitrogens with one attached hydrogen (secondary N) is 1. The van der Waals surface area contributed by atoms with Crippen molar-refractivity contribution in [1.82, 2.24) is 15.1 Å². The van der Waals surface area contributed by atoms with Crippen molar-refractivity contribution in [2.45, 2.75) is 26.4 Å². The zero-order valence-corrected chi connectivity index (χ0v) is 19.3. The van der Waals surface area contributed by atoms with Crippen LogP contribution in [-0.2, 0) is 14.3 Å². The summed E-state index contributed by atoms with van der Waals surface area (Å²) in [6.45, 7) is 0.0978. The molecule has 34 heavy (non-hydrogen) atoms. The van der Waals surface area contributed by atoms with E-state index >= 15 is 0 Å². The van der Waals surface area contributed by atoms with Gasteiger partial charge in [-0.15, -0.1) is 0 Å². The molecule has 0 spiro atoms. The third kappa shape index (κ3) is 6.69. The molecule has 0 bridgehead atoms. The van der Waals surface area contributed by atoms with Crippen LogP contribution in [0, 0.1) is 5.92 Å². The fraction of sp³-hybridized carbons (Fsp3) is 0.455. The number of halogens is 2. The van der Waals surface area contributed by atoms with Crippen LogP contribution >= 0.6 is 11.8 Å². The van der Waals surface area contributed by atoms with Gasteiger partial charge in [-0.1, -0.05) is 12.1 Å². The summed E-state index contributed by atoms with van der Waals surface area (Å²) in [7, 11) is 0. The normalized spacial score (nSPS) is 18.1. The summed E-state index contributed by atoms with van der Waals surface area (Å²) in [5, 5.41) is 2.30. The zero-order chi connectivity index (χ0) is 24.7. The van der Waals surface area contributed by atoms with Crippen molar-refractivity contribution < 1.29 is 37.4 Å². The molecule has 12 heteroatoms. The predicted octanol–water partition coefficient (Wildman–Crippen LogP) is 3.31. The smallest absolute Gasteiger partial charge is 0.409 e. The predicted molar refractivity (Wildman–Crippen MR) is 120 cm³/mol. The lowest BCUT2D eigenvalue weighted by Gasteiger charge is -2.30. The quantitative estimate of drug-likeness (QED) is 0.550. The molecule has 0 aliphatic carbocycles. The molecule has 2 fully saturated rings. The van der Waals surface area contributed by atoms with E-state index in [4.69, 9.17) is 4.74 Å². The highest BCUT2D eigenvalue weighted by atomic mass is 32.2. The number of rotatable bonds is 8. The van der Waals surface area contributed by atoms with Gasteiger partial charge in [0.05, 0.1) is 11.5 Å². The van der Waals surface area contributed by atoms with E-state index in [0.717, 1.165) is 16.7 Å². The number of benzene rings is 1. The van der Waals surface area contributed by atoms with E-state index in [1.807, 2.05) is 0 Å². The van der Waals surface area contributed by atoms with Crippen LogP contribution in [0.3, 0.4) is 0 Å². The van der Waals surface area contributed by atoms with Gasteiger partial charge in [-0.2, -0.15) is 8.78 Å². The Morgan fingerprint density at radius 1 is 1.21 bits per heavy atom. The summed E-state index contributed by atoms with van der Waals surface area (Å²) in [4.78, 5) is 51.8. The summed E-state index contributed by atoms with van der Waals surface area (Å²) < 4.78 is 33.7. The van der Waals surface area contributed by atoms with Gasteiger partial charge in [-0.3, -0.25) is 19.3 Å². The molecule has 2 saturated heterocycles. The lowest BCUT2D eigenvalue weighted by molar-refractivity contribution is -0.127. The number of thioether (sulfide) groups is 1. The van der Waals surface area contributed by atoms with Gasteiger partial charge in [0.1, 0.15) is 5.75 Å². The Bertz CT molecular complexity index is 948. The minimum atomic E-state index is -2.93. The van der Waals surface area contributed by atoms with E-state index in [0.29, 0.717) is 38.1 Å². The Labute approximate surface area is 199 Å². The minimum Gasteiger partial charge on any atom is -0.450 e. The molecule has 2 heterocycles. The molecule has 0 atom stereocenters. The average molecular weight is 498 g/mol. The van der Waals surface area contributed by atoms with Crippen LogP contribution in [0.2, 0.25) is 0 Å². The van der Waals surface area contributed by atoms with Crippen molar-refractivity contribution in [3.63, 3.8) is 0 Å². The second-order valence-electron chi connectivity index (χ2n) is 7.53. The van der Waals surface area contributed by atoms with Crippen molar-refractivity contribution in [2.24, 2.45) is 5.92 Å². The Kier molecular flexibility index (Phi) is 8.85. The maximum Gasteiger partial charge on any atom is 0.409 e. The fourth-order valence-electron chi connectivity index (χ4n) is 3.56. The average Bonchev–Trinajstić information content (AvgIpc) is 3.07. The monoisotopic (exact) mass is 497 g/mol. The molecule has 2 aliphatic rings. The topological polar surface area (TPSA) is 105 Å². The van der Waals surface area contributed by atoms with Gasteiger partial charge >= 0.3 is 12.7 Å². The first-order valence-electron chi connectivity index (χ1n) is 10.8. The van der Waals surface area contributed by atoms with Gasteiger partial charge in [0.2, 0.25) is 5.91 Å². The Hall–Kier alpha value is -3.15. The molecular formula is C22H25F2N3O6S. The number of alkyl halides is 2. The number of hydrogen-bond acceptors (Lipinski definition) is 7. The van der Waals surface area contributed by atoms with Crippen LogP contribution in [0.5, 0.6) is 5.75 Å². The molecule has 3 rings (SSSR count). The van der Waals surface area contributed by atoms with Crippen LogP contribution in [0.4, 0.5) is 18.4 Å². The second-order valence-corrected chi connectivity index (χ2v) is 8.53. The zero-order valence-electron chi connectivity index (χ0n) is 18.5. The standard InChI is InChI=1S/C22H25F2N3O6S/c1-2-32-21(30)26-10-7-15(8-11-26)18(28)25-9-12-27-19(29)17(34-22(27)31)13-14-3-5-16(6-4-14)33-20(23)24/h3-6,13,15,20H,2,7-12H2,1H3,(H,25,28)/b17-13+. The summed E-state index contributed by atoms with van der Waals surface area (Å²) >= 11 is 0.771. The molecule has 0 unspecified atom stereocenters. The maximum atomic E-state index is 12.6. The largest absolute Gasteiger partial charge is 0.450 e. The molecule has 9 nitrogen and oxygen atoms in total. The summed E-state index contributed by atoms with van der Waals surface area (Å²) in [5.41, 5.74) is 0.551. The van der Waals surface area contributed by atoms with E-state index in [1.54, 1.807) is 11.8 Å². The van der Waals surface area contributed by atoms with Gasteiger partial charge in [0.25, 0.3) is 11.1 Å². The van der Waals surface area contributed by atoms with E-state index in [-0.39, 0.29) is 41.7 Å². The van der Waals surface area contributed by atoms with Crippen LogP contribution in [0.25, 0.3) is 6.08 Å². The van der Waals surface area contributed by atoms with Crippen LogP contribution in [0.1, 0.15) is 25.3 Å². The van der Waals surface area contributed by atoms with Crippen LogP contribution < -0.4 is 10.1 Å². The summed E-state index contributed by atoms with van der Waals surface area (Å²) in [6, 6.07) is 5.68.